The first-order valence-corrected chi connectivity index (χ1v) is 8.76. The maximum absolute atomic E-state index is 12.3. The number of nitrogens with zero attached hydrogens (tertiary/aromatic N) is 2. The highest BCUT2D eigenvalue weighted by Crippen LogP contribution is 2.15. The van der Waals surface area contributed by atoms with Crippen molar-refractivity contribution in [2.24, 2.45) is 0 Å². The Hall–Kier alpha value is -1.92. The molecule has 0 spiro atoms. The number of thiophene rings is 1. The summed E-state index contributed by atoms with van der Waals surface area (Å²) < 4.78 is 5.92. The lowest BCUT2D eigenvalue weighted by atomic mass is 10.1. The van der Waals surface area contributed by atoms with Crippen molar-refractivity contribution < 1.29 is 9.53 Å². The molecular weight excluding hydrogens is 310 g/mol. The largest absolute Gasteiger partial charge is 0.370 e. The summed E-state index contributed by atoms with van der Waals surface area (Å²) in [6, 6.07) is 9.81. The van der Waals surface area contributed by atoms with Crippen LogP contribution in [0.5, 0.6) is 0 Å². The van der Waals surface area contributed by atoms with E-state index >= 15 is 0 Å². The summed E-state index contributed by atoms with van der Waals surface area (Å²) in [6.07, 6.45) is 3.81. The van der Waals surface area contributed by atoms with E-state index in [-0.39, 0.29) is 12.1 Å². The molecule has 0 saturated carbocycles. The molecule has 1 unspecified atom stereocenters. The van der Waals surface area contributed by atoms with Gasteiger partial charge in [0.15, 0.2) is 0 Å². The first kappa shape index (κ1) is 16.0. The molecular formula is C17H21N3O2S. The molecule has 1 atom stereocenters. The van der Waals surface area contributed by atoms with Crippen LogP contribution in [0.1, 0.15) is 23.4 Å². The van der Waals surface area contributed by atoms with Gasteiger partial charge in [0.1, 0.15) is 0 Å². The van der Waals surface area contributed by atoms with Crippen molar-refractivity contribution in [1.29, 1.82) is 0 Å². The Kier molecular flexibility index (Phi) is 5.60. The molecule has 2 amide bonds. The standard InChI is InChI=1S/C17H21N3O2S/c21-17(19-11-16-7-4-10-23-16)20-9-3-6-15(12-20)22-13-14-5-1-2-8-18-14/h1-2,4-5,7-8,10,15H,3,6,9,11-13H2,(H,19,21). The van der Waals surface area contributed by atoms with E-state index in [1.165, 1.54) is 4.88 Å². The average Bonchev–Trinajstić information content (AvgIpc) is 3.12. The summed E-state index contributed by atoms with van der Waals surface area (Å²) in [7, 11) is 0. The highest BCUT2D eigenvalue weighted by atomic mass is 32.1. The molecule has 1 aliphatic heterocycles. The molecule has 1 fully saturated rings. The van der Waals surface area contributed by atoms with Gasteiger partial charge in [0.2, 0.25) is 0 Å². The molecule has 122 valence electrons. The van der Waals surface area contributed by atoms with Crippen molar-refractivity contribution in [3.63, 3.8) is 0 Å². The number of nitrogens with one attached hydrogen (secondary N) is 1. The van der Waals surface area contributed by atoms with Crippen LogP contribution in [-0.2, 0) is 17.9 Å². The summed E-state index contributed by atoms with van der Waals surface area (Å²) in [6.45, 7) is 2.52. The second-order valence-electron chi connectivity index (χ2n) is 5.58. The minimum Gasteiger partial charge on any atom is -0.370 e. The molecule has 3 heterocycles. The Labute approximate surface area is 140 Å². The Morgan fingerprint density at radius 1 is 1.39 bits per heavy atom. The number of pyridine rings is 1. The molecule has 2 aromatic rings. The number of ether oxygens (including phenoxy) is 1. The van der Waals surface area contributed by atoms with Gasteiger partial charge >= 0.3 is 6.03 Å². The van der Waals surface area contributed by atoms with Crippen LogP contribution >= 0.6 is 11.3 Å². The molecule has 0 radical (unpaired) electrons. The minimum absolute atomic E-state index is 0.00969. The summed E-state index contributed by atoms with van der Waals surface area (Å²) in [5, 5.41) is 5.00. The van der Waals surface area contributed by atoms with E-state index in [0.29, 0.717) is 19.7 Å². The molecule has 23 heavy (non-hydrogen) atoms. The first-order valence-electron chi connectivity index (χ1n) is 7.88. The van der Waals surface area contributed by atoms with Crippen LogP contribution in [0.25, 0.3) is 0 Å². The smallest absolute Gasteiger partial charge is 0.317 e. The normalized spacial score (nSPS) is 17.9. The van der Waals surface area contributed by atoms with Crippen LogP contribution in [0.3, 0.4) is 0 Å². The van der Waals surface area contributed by atoms with Crippen LogP contribution in [-0.4, -0.2) is 35.1 Å². The number of hydrogen-bond acceptors (Lipinski definition) is 4. The zero-order chi connectivity index (χ0) is 15.9. The van der Waals surface area contributed by atoms with Gasteiger partial charge < -0.3 is 15.0 Å². The second kappa shape index (κ2) is 8.08. The van der Waals surface area contributed by atoms with Crippen molar-refractivity contribution in [2.45, 2.75) is 32.1 Å². The number of hydrogen-bond donors (Lipinski definition) is 1. The molecule has 0 aromatic carbocycles. The first-order chi connectivity index (χ1) is 11.3. The van der Waals surface area contributed by atoms with E-state index in [2.05, 4.69) is 10.3 Å². The number of carbonyl (C=O) groups is 1. The molecule has 6 heteroatoms. The Morgan fingerprint density at radius 2 is 2.35 bits per heavy atom. The van der Waals surface area contributed by atoms with Gasteiger partial charge in [-0.05, 0) is 36.4 Å². The number of urea groups is 1. The van der Waals surface area contributed by atoms with Crippen LogP contribution in [0.2, 0.25) is 0 Å². The fraction of sp³-hybridized carbons (Fsp3) is 0.412. The van der Waals surface area contributed by atoms with Crippen molar-refractivity contribution in [2.75, 3.05) is 13.1 Å². The van der Waals surface area contributed by atoms with Crippen LogP contribution in [0, 0.1) is 0 Å². The molecule has 1 aliphatic rings. The predicted octanol–water partition coefficient (Wildman–Crippen LogP) is 3.03. The monoisotopic (exact) mass is 331 g/mol. The van der Waals surface area contributed by atoms with Crippen LogP contribution in [0.4, 0.5) is 4.79 Å². The van der Waals surface area contributed by atoms with Crippen LogP contribution in [0.15, 0.2) is 41.9 Å². The molecule has 1 N–H and O–H groups in total. The van der Waals surface area contributed by atoms with E-state index in [9.17, 15) is 4.79 Å². The fourth-order valence-corrected chi connectivity index (χ4v) is 3.28. The van der Waals surface area contributed by atoms with Crippen molar-refractivity contribution >= 4 is 17.4 Å². The number of carbonyl (C=O) groups excluding carboxylic acids is 1. The molecule has 3 rings (SSSR count). The minimum atomic E-state index is -0.00969. The number of rotatable bonds is 5. The van der Waals surface area contributed by atoms with Crippen molar-refractivity contribution in [3.05, 3.63) is 52.5 Å². The van der Waals surface area contributed by atoms with Gasteiger partial charge in [0.25, 0.3) is 0 Å². The van der Waals surface area contributed by atoms with E-state index in [1.54, 1.807) is 17.5 Å². The zero-order valence-corrected chi connectivity index (χ0v) is 13.8. The number of amides is 2. The Morgan fingerprint density at radius 3 is 3.13 bits per heavy atom. The molecule has 0 aliphatic carbocycles. The Balaban J connectivity index is 1.44. The molecule has 5 nitrogen and oxygen atoms in total. The zero-order valence-electron chi connectivity index (χ0n) is 13.0. The average molecular weight is 331 g/mol. The van der Waals surface area contributed by atoms with E-state index in [4.69, 9.17) is 4.74 Å². The third-order valence-corrected chi connectivity index (χ3v) is 4.73. The van der Waals surface area contributed by atoms with Crippen molar-refractivity contribution in [3.8, 4) is 0 Å². The van der Waals surface area contributed by atoms with Gasteiger partial charge in [-0.2, -0.15) is 0 Å². The second-order valence-corrected chi connectivity index (χ2v) is 6.61. The number of likely N-dealkylation sites (tertiary alicyclic amines) is 1. The fourth-order valence-electron chi connectivity index (χ4n) is 2.63. The maximum atomic E-state index is 12.3. The van der Waals surface area contributed by atoms with Gasteiger partial charge in [-0.3, -0.25) is 4.98 Å². The summed E-state index contributed by atoms with van der Waals surface area (Å²) in [4.78, 5) is 19.5. The van der Waals surface area contributed by atoms with Gasteiger partial charge in [-0.15, -0.1) is 11.3 Å². The third-order valence-electron chi connectivity index (χ3n) is 3.85. The summed E-state index contributed by atoms with van der Waals surface area (Å²) in [5.74, 6) is 0. The van der Waals surface area contributed by atoms with E-state index in [1.807, 2.05) is 40.6 Å². The van der Waals surface area contributed by atoms with E-state index < -0.39 is 0 Å². The third kappa shape index (κ3) is 4.77. The lowest BCUT2D eigenvalue weighted by Crippen LogP contribution is -2.47. The summed E-state index contributed by atoms with van der Waals surface area (Å²) >= 11 is 1.65. The van der Waals surface area contributed by atoms with Gasteiger partial charge in [-0.25, -0.2) is 4.79 Å². The van der Waals surface area contributed by atoms with Crippen molar-refractivity contribution in [1.82, 2.24) is 15.2 Å². The quantitative estimate of drug-likeness (QED) is 0.916. The number of piperidine rings is 1. The van der Waals surface area contributed by atoms with Crippen LogP contribution < -0.4 is 5.32 Å². The lowest BCUT2D eigenvalue weighted by Gasteiger charge is -2.32. The highest BCUT2D eigenvalue weighted by Gasteiger charge is 2.24. The maximum Gasteiger partial charge on any atom is 0.317 e. The topological polar surface area (TPSA) is 54.5 Å². The molecule has 1 saturated heterocycles. The highest BCUT2D eigenvalue weighted by molar-refractivity contribution is 7.09. The van der Waals surface area contributed by atoms with Gasteiger partial charge in [0, 0.05) is 24.2 Å². The van der Waals surface area contributed by atoms with Gasteiger partial charge in [0.05, 0.1) is 24.9 Å². The van der Waals surface area contributed by atoms with Gasteiger partial charge in [-0.1, -0.05) is 12.1 Å². The predicted molar refractivity (Wildman–Crippen MR) is 90.2 cm³/mol. The molecule has 2 aromatic heterocycles. The summed E-state index contributed by atoms with van der Waals surface area (Å²) in [5.41, 5.74) is 0.923. The number of aromatic nitrogens is 1. The lowest BCUT2D eigenvalue weighted by molar-refractivity contribution is -0.00167. The molecule has 0 bridgehead atoms. The van der Waals surface area contributed by atoms with E-state index in [0.717, 1.165) is 25.1 Å². The SMILES string of the molecule is O=C(NCc1cccs1)N1CCCC(OCc2ccccn2)C1. The Bertz CT molecular complexity index is 604.